The van der Waals surface area contributed by atoms with Crippen molar-refractivity contribution in [3.63, 3.8) is 0 Å². The van der Waals surface area contributed by atoms with Gasteiger partial charge in [-0.05, 0) is 49.3 Å². The van der Waals surface area contributed by atoms with E-state index in [0.717, 1.165) is 30.5 Å². The minimum atomic E-state index is 0.324. The maximum atomic E-state index is 12.7. The number of carbonyl (C=O) groups is 1. The lowest BCUT2D eigenvalue weighted by Crippen LogP contribution is -2.34. The van der Waals surface area contributed by atoms with Crippen molar-refractivity contribution in [3.8, 4) is 0 Å². The smallest absolute Gasteiger partial charge is 0.227 e. The Balaban J connectivity index is 1.69. The van der Waals surface area contributed by atoms with Gasteiger partial charge in [-0.15, -0.1) is 0 Å². The lowest BCUT2D eigenvalue weighted by Gasteiger charge is -2.27. The Kier molecular flexibility index (Phi) is 4.59. The summed E-state index contributed by atoms with van der Waals surface area (Å²) in [6, 6.07) is 8.63. The van der Waals surface area contributed by atoms with Crippen molar-refractivity contribution >= 4 is 11.6 Å². The molecule has 2 fully saturated rings. The van der Waals surface area contributed by atoms with Crippen LogP contribution in [0.15, 0.2) is 24.3 Å². The molecule has 3 heteroatoms. The fourth-order valence-electron chi connectivity index (χ4n) is 3.42. The zero-order valence-corrected chi connectivity index (χ0v) is 12.8. The zero-order valence-electron chi connectivity index (χ0n) is 12.8. The van der Waals surface area contributed by atoms with E-state index in [0.29, 0.717) is 24.4 Å². The van der Waals surface area contributed by atoms with Crippen LogP contribution in [0.3, 0.4) is 0 Å². The summed E-state index contributed by atoms with van der Waals surface area (Å²) >= 11 is 0. The molecule has 0 heterocycles. The Labute approximate surface area is 127 Å². The number of nitrogens with two attached hydrogens (primary N) is 1. The van der Waals surface area contributed by atoms with E-state index >= 15 is 0 Å². The molecule has 0 bridgehead atoms. The van der Waals surface area contributed by atoms with Crippen LogP contribution in [0.25, 0.3) is 0 Å². The van der Waals surface area contributed by atoms with Crippen molar-refractivity contribution in [3.05, 3.63) is 29.8 Å². The molecule has 1 aromatic carbocycles. The lowest BCUT2D eigenvalue weighted by molar-refractivity contribution is -0.119. The van der Waals surface area contributed by atoms with Crippen LogP contribution < -0.4 is 10.6 Å². The average molecular weight is 286 g/mol. The molecule has 3 rings (SSSR count). The summed E-state index contributed by atoms with van der Waals surface area (Å²) in [5.41, 5.74) is 7.82. The summed E-state index contributed by atoms with van der Waals surface area (Å²) in [4.78, 5) is 14.8. The minimum absolute atomic E-state index is 0.324. The minimum Gasteiger partial charge on any atom is -0.326 e. The molecule has 114 valence electrons. The topological polar surface area (TPSA) is 46.3 Å². The molecule has 0 atom stereocenters. The van der Waals surface area contributed by atoms with Gasteiger partial charge in [-0.2, -0.15) is 0 Å². The molecule has 0 saturated heterocycles. The van der Waals surface area contributed by atoms with E-state index in [9.17, 15) is 4.79 Å². The number of hydrogen-bond acceptors (Lipinski definition) is 2. The lowest BCUT2D eigenvalue weighted by atomic mass is 9.86. The molecule has 0 aliphatic heterocycles. The Hall–Kier alpha value is -1.35. The molecule has 1 amide bonds. The van der Waals surface area contributed by atoms with Crippen LogP contribution in [-0.2, 0) is 11.3 Å². The average Bonchev–Trinajstić information content (AvgIpc) is 3.34. The summed E-state index contributed by atoms with van der Waals surface area (Å²) in [5, 5.41) is 0. The first-order chi connectivity index (χ1) is 10.3. The van der Waals surface area contributed by atoms with Gasteiger partial charge in [0.2, 0.25) is 5.91 Å². The summed E-state index contributed by atoms with van der Waals surface area (Å²) < 4.78 is 0. The number of anilines is 1. The molecular weight excluding hydrogens is 260 g/mol. The van der Waals surface area contributed by atoms with Gasteiger partial charge in [-0.3, -0.25) is 4.79 Å². The fourth-order valence-corrected chi connectivity index (χ4v) is 3.42. The number of hydrogen-bond donors (Lipinski definition) is 1. The Morgan fingerprint density at radius 3 is 2.29 bits per heavy atom. The molecule has 0 spiro atoms. The van der Waals surface area contributed by atoms with Crippen LogP contribution in [0.2, 0.25) is 0 Å². The predicted octanol–water partition coefficient (Wildman–Crippen LogP) is 3.61. The maximum Gasteiger partial charge on any atom is 0.227 e. The van der Waals surface area contributed by atoms with Gasteiger partial charge in [0.15, 0.2) is 0 Å². The number of carbonyl (C=O) groups excluding carboxylic acids is 1. The van der Waals surface area contributed by atoms with E-state index in [1.165, 1.54) is 32.1 Å². The van der Waals surface area contributed by atoms with E-state index in [1.807, 2.05) is 12.1 Å². The highest BCUT2D eigenvalue weighted by molar-refractivity contribution is 5.94. The molecule has 0 unspecified atom stereocenters. The monoisotopic (exact) mass is 286 g/mol. The van der Waals surface area contributed by atoms with Gasteiger partial charge in [0, 0.05) is 24.7 Å². The highest BCUT2D eigenvalue weighted by atomic mass is 16.2. The van der Waals surface area contributed by atoms with Crippen LogP contribution in [0.4, 0.5) is 5.69 Å². The molecule has 2 saturated carbocycles. The van der Waals surface area contributed by atoms with Crippen LogP contribution in [-0.4, -0.2) is 11.9 Å². The van der Waals surface area contributed by atoms with Crippen molar-refractivity contribution in [2.24, 2.45) is 11.7 Å². The molecule has 2 aliphatic rings. The quantitative estimate of drug-likeness (QED) is 0.898. The van der Waals surface area contributed by atoms with E-state index in [-0.39, 0.29) is 0 Å². The number of rotatable bonds is 5. The van der Waals surface area contributed by atoms with Gasteiger partial charge in [0.1, 0.15) is 0 Å². The van der Waals surface area contributed by atoms with Crippen molar-refractivity contribution in [2.45, 2.75) is 64.0 Å². The van der Waals surface area contributed by atoms with Crippen molar-refractivity contribution < 1.29 is 4.79 Å². The molecular formula is C18H26N2O. The Bertz CT molecular complexity index is 472. The number of benzene rings is 1. The molecule has 0 radical (unpaired) electrons. The molecule has 2 N–H and O–H groups in total. The third-order valence-corrected chi connectivity index (χ3v) is 4.82. The van der Waals surface area contributed by atoms with Gasteiger partial charge >= 0.3 is 0 Å². The fraction of sp³-hybridized carbons (Fsp3) is 0.611. The Morgan fingerprint density at radius 2 is 1.71 bits per heavy atom. The van der Waals surface area contributed by atoms with Gasteiger partial charge in [-0.25, -0.2) is 0 Å². The highest BCUT2D eigenvalue weighted by Gasteiger charge is 2.34. The first-order valence-electron chi connectivity index (χ1n) is 8.39. The van der Waals surface area contributed by atoms with E-state index in [1.54, 1.807) is 0 Å². The summed E-state index contributed by atoms with van der Waals surface area (Å²) in [6.07, 6.45) is 9.43. The van der Waals surface area contributed by atoms with E-state index in [4.69, 9.17) is 5.73 Å². The normalized spacial score (nSPS) is 19.5. The van der Waals surface area contributed by atoms with Gasteiger partial charge < -0.3 is 10.6 Å². The third kappa shape index (κ3) is 3.65. The summed E-state index contributed by atoms with van der Waals surface area (Å²) in [5.74, 6) is 0.931. The SMILES string of the molecule is NCc1ccc(N(C(=O)CC2CCCCC2)C2CC2)cc1. The molecule has 2 aliphatic carbocycles. The zero-order chi connectivity index (χ0) is 14.7. The van der Waals surface area contributed by atoms with Crippen LogP contribution in [0.5, 0.6) is 0 Å². The molecule has 3 nitrogen and oxygen atoms in total. The Morgan fingerprint density at radius 1 is 1.05 bits per heavy atom. The number of nitrogens with zero attached hydrogens (tertiary/aromatic N) is 1. The van der Waals surface area contributed by atoms with Gasteiger partial charge in [0.05, 0.1) is 0 Å². The second kappa shape index (κ2) is 6.61. The molecule has 0 aromatic heterocycles. The van der Waals surface area contributed by atoms with Crippen LogP contribution in [0, 0.1) is 5.92 Å². The first-order valence-corrected chi connectivity index (χ1v) is 8.39. The molecule has 21 heavy (non-hydrogen) atoms. The molecule has 1 aromatic rings. The summed E-state index contributed by atoms with van der Waals surface area (Å²) in [7, 11) is 0. The van der Waals surface area contributed by atoms with Gasteiger partial charge in [0.25, 0.3) is 0 Å². The van der Waals surface area contributed by atoms with Crippen molar-refractivity contribution in [2.75, 3.05) is 4.90 Å². The second-order valence-corrected chi connectivity index (χ2v) is 6.57. The van der Waals surface area contributed by atoms with E-state index in [2.05, 4.69) is 17.0 Å². The second-order valence-electron chi connectivity index (χ2n) is 6.57. The third-order valence-electron chi connectivity index (χ3n) is 4.82. The largest absolute Gasteiger partial charge is 0.326 e. The predicted molar refractivity (Wildman–Crippen MR) is 86.0 cm³/mol. The standard InChI is InChI=1S/C18H26N2O/c19-13-15-6-8-16(9-7-15)20(17-10-11-17)18(21)12-14-4-2-1-3-5-14/h6-9,14,17H,1-5,10-13,19H2. The number of amides is 1. The first kappa shape index (κ1) is 14.6. The van der Waals surface area contributed by atoms with Crippen LogP contribution in [0.1, 0.15) is 56.9 Å². The van der Waals surface area contributed by atoms with E-state index < -0.39 is 0 Å². The highest BCUT2D eigenvalue weighted by Crippen LogP contribution is 2.34. The van der Waals surface area contributed by atoms with Gasteiger partial charge in [-0.1, -0.05) is 31.4 Å². The maximum absolute atomic E-state index is 12.7. The van der Waals surface area contributed by atoms with Crippen LogP contribution >= 0.6 is 0 Å². The van der Waals surface area contributed by atoms with Crippen molar-refractivity contribution in [1.82, 2.24) is 0 Å². The van der Waals surface area contributed by atoms with Crippen molar-refractivity contribution in [1.29, 1.82) is 0 Å². The summed E-state index contributed by atoms with van der Waals surface area (Å²) in [6.45, 7) is 0.555.